The molecule has 0 aliphatic heterocycles. The van der Waals surface area contributed by atoms with Gasteiger partial charge in [-0.05, 0) is 31.2 Å². The first-order valence-corrected chi connectivity index (χ1v) is 5.56. The lowest BCUT2D eigenvalue weighted by Crippen LogP contribution is -1.94. The van der Waals surface area contributed by atoms with Crippen LogP contribution in [0.1, 0.15) is 5.69 Å². The zero-order chi connectivity index (χ0) is 12.5. The van der Waals surface area contributed by atoms with E-state index >= 15 is 0 Å². The van der Waals surface area contributed by atoms with E-state index in [4.69, 9.17) is 0 Å². The minimum Gasteiger partial charge on any atom is -0.340 e. The Hall–Kier alpha value is -2.43. The van der Waals surface area contributed by atoms with Crippen molar-refractivity contribution in [3.8, 4) is 0 Å². The number of benzene rings is 1. The van der Waals surface area contributed by atoms with Crippen LogP contribution in [0.5, 0.6) is 0 Å². The standard InChI is InChI=1S/C13H11FN4/c1-8-12-11(18-17-8)5-6-15-13(12)16-10-4-2-3-9(14)7-10/h2-7H,1H3,(H,15,16)(H,17,18). The summed E-state index contributed by atoms with van der Waals surface area (Å²) in [5, 5.41) is 11.1. The number of hydrogen-bond acceptors (Lipinski definition) is 3. The largest absolute Gasteiger partial charge is 0.340 e. The maximum atomic E-state index is 13.1. The highest BCUT2D eigenvalue weighted by molar-refractivity contribution is 5.92. The average molecular weight is 242 g/mol. The number of nitrogens with one attached hydrogen (secondary N) is 2. The molecule has 0 saturated heterocycles. The summed E-state index contributed by atoms with van der Waals surface area (Å²) in [4.78, 5) is 4.27. The number of hydrogen-bond donors (Lipinski definition) is 2. The molecule has 0 unspecified atom stereocenters. The van der Waals surface area contributed by atoms with E-state index < -0.39 is 0 Å². The van der Waals surface area contributed by atoms with Gasteiger partial charge in [0.2, 0.25) is 0 Å². The Kier molecular flexibility index (Phi) is 2.44. The molecule has 2 aromatic heterocycles. The minimum absolute atomic E-state index is 0.281. The molecule has 0 spiro atoms. The molecular formula is C13H11FN4. The van der Waals surface area contributed by atoms with Crippen LogP contribution in [0, 0.1) is 12.7 Å². The first-order valence-electron chi connectivity index (χ1n) is 5.56. The number of anilines is 2. The second-order valence-electron chi connectivity index (χ2n) is 4.03. The highest BCUT2D eigenvalue weighted by Gasteiger charge is 2.08. The number of nitrogens with zero attached hydrogens (tertiary/aromatic N) is 2. The Labute approximate surface area is 103 Å². The molecule has 0 aliphatic carbocycles. The van der Waals surface area contributed by atoms with Crippen LogP contribution < -0.4 is 5.32 Å². The van der Waals surface area contributed by atoms with Crippen molar-refractivity contribution in [1.82, 2.24) is 15.2 Å². The van der Waals surface area contributed by atoms with Crippen molar-refractivity contribution in [3.63, 3.8) is 0 Å². The number of aryl methyl sites for hydroxylation is 1. The average Bonchev–Trinajstić information content (AvgIpc) is 2.72. The SMILES string of the molecule is Cc1n[nH]c2ccnc(Nc3cccc(F)c3)c12. The fraction of sp³-hybridized carbons (Fsp3) is 0.0769. The number of rotatable bonds is 2. The Morgan fingerprint density at radius 2 is 2.17 bits per heavy atom. The molecule has 0 atom stereocenters. The molecule has 18 heavy (non-hydrogen) atoms. The number of aromatic nitrogens is 3. The van der Waals surface area contributed by atoms with Gasteiger partial charge in [0.15, 0.2) is 0 Å². The molecule has 0 amide bonds. The Morgan fingerprint density at radius 1 is 1.28 bits per heavy atom. The van der Waals surface area contributed by atoms with Gasteiger partial charge in [-0.2, -0.15) is 5.10 Å². The second kappa shape index (κ2) is 4.10. The molecule has 2 N–H and O–H groups in total. The first-order chi connectivity index (χ1) is 8.74. The molecule has 0 aliphatic rings. The van der Waals surface area contributed by atoms with Crippen molar-refractivity contribution < 1.29 is 4.39 Å². The third-order valence-electron chi connectivity index (χ3n) is 2.74. The molecule has 1 aromatic carbocycles. The quantitative estimate of drug-likeness (QED) is 0.725. The molecule has 5 heteroatoms. The van der Waals surface area contributed by atoms with Crippen molar-refractivity contribution in [2.24, 2.45) is 0 Å². The second-order valence-corrected chi connectivity index (χ2v) is 4.03. The van der Waals surface area contributed by atoms with Crippen LogP contribution in [-0.2, 0) is 0 Å². The van der Waals surface area contributed by atoms with Crippen molar-refractivity contribution in [3.05, 3.63) is 48.0 Å². The lowest BCUT2D eigenvalue weighted by Gasteiger charge is -2.06. The van der Waals surface area contributed by atoms with Gasteiger partial charge in [0, 0.05) is 11.9 Å². The van der Waals surface area contributed by atoms with Crippen LogP contribution in [0.25, 0.3) is 10.9 Å². The van der Waals surface area contributed by atoms with E-state index in [0.29, 0.717) is 11.5 Å². The summed E-state index contributed by atoms with van der Waals surface area (Å²) in [6.07, 6.45) is 1.68. The van der Waals surface area contributed by atoms with Gasteiger partial charge < -0.3 is 5.32 Å². The Bertz CT molecular complexity index is 705. The molecule has 2 heterocycles. The van der Waals surface area contributed by atoms with E-state index in [1.165, 1.54) is 12.1 Å². The van der Waals surface area contributed by atoms with Gasteiger partial charge in [-0.15, -0.1) is 0 Å². The lowest BCUT2D eigenvalue weighted by atomic mass is 10.2. The fourth-order valence-electron chi connectivity index (χ4n) is 1.92. The summed E-state index contributed by atoms with van der Waals surface area (Å²) in [6.45, 7) is 1.90. The first kappa shape index (κ1) is 10.7. The molecule has 3 rings (SSSR count). The lowest BCUT2D eigenvalue weighted by molar-refractivity contribution is 0.628. The van der Waals surface area contributed by atoms with Gasteiger partial charge in [-0.1, -0.05) is 6.07 Å². The Balaban J connectivity index is 2.07. The maximum absolute atomic E-state index is 13.1. The number of halogens is 1. The molecule has 90 valence electrons. The van der Waals surface area contributed by atoms with Crippen LogP contribution in [0.2, 0.25) is 0 Å². The van der Waals surface area contributed by atoms with E-state index in [-0.39, 0.29) is 5.82 Å². The van der Waals surface area contributed by atoms with E-state index in [2.05, 4.69) is 20.5 Å². The summed E-state index contributed by atoms with van der Waals surface area (Å²) in [5.74, 6) is 0.389. The predicted octanol–water partition coefficient (Wildman–Crippen LogP) is 3.15. The number of aromatic amines is 1. The highest BCUT2D eigenvalue weighted by Crippen LogP contribution is 2.25. The van der Waals surface area contributed by atoms with E-state index in [1.54, 1.807) is 18.3 Å². The van der Waals surface area contributed by atoms with Crippen LogP contribution in [0.15, 0.2) is 36.5 Å². The van der Waals surface area contributed by atoms with Gasteiger partial charge in [0.25, 0.3) is 0 Å². The molecule has 0 bridgehead atoms. The fourth-order valence-corrected chi connectivity index (χ4v) is 1.92. The predicted molar refractivity (Wildman–Crippen MR) is 68.3 cm³/mol. The Morgan fingerprint density at radius 3 is 3.00 bits per heavy atom. The third kappa shape index (κ3) is 1.79. The summed E-state index contributed by atoms with van der Waals surface area (Å²) in [7, 11) is 0. The monoisotopic (exact) mass is 242 g/mol. The van der Waals surface area contributed by atoms with Crippen LogP contribution in [0.3, 0.4) is 0 Å². The van der Waals surface area contributed by atoms with Gasteiger partial charge >= 0.3 is 0 Å². The van der Waals surface area contributed by atoms with Crippen LogP contribution in [-0.4, -0.2) is 15.2 Å². The minimum atomic E-state index is -0.281. The van der Waals surface area contributed by atoms with Gasteiger partial charge in [-0.3, -0.25) is 5.10 Å². The summed E-state index contributed by atoms with van der Waals surface area (Å²) < 4.78 is 13.1. The van der Waals surface area contributed by atoms with E-state index in [9.17, 15) is 4.39 Å². The van der Waals surface area contributed by atoms with Crippen molar-refractivity contribution in [1.29, 1.82) is 0 Å². The molecule has 3 aromatic rings. The molecular weight excluding hydrogens is 231 g/mol. The van der Waals surface area contributed by atoms with E-state index in [1.807, 2.05) is 13.0 Å². The van der Waals surface area contributed by atoms with E-state index in [0.717, 1.165) is 16.6 Å². The van der Waals surface area contributed by atoms with Crippen LogP contribution in [0.4, 0.5) is 15.9 Å². The third-order valence-corrected chi connectivity index (χ3v) is 2.74. The number of pyridine rings is 1. The zero-order valence-corrected chi connectivity index (χ0v) is 9.74. The smallest absolute Gasteiger partial charge is 0.141 e. The van der Waals surface area contributed by atoms with Crippen molar-refractivity contribution in [2.75, 3.05) is 5.32 Å². The van der Waals surface area contributed by atoms with Crippen molar-refractivity contribution in [2.45, 2.75) is 6.92 Å². The van der Waals surface area contributed by atoms with Gasteiger partial charge in [-0.25, -0.2) is 9.37 Å². The molecule has 4 nitrogen and oxygen atoms in total. The zero-order valence-electron chi connectivity index (χ0n) is 9.74. The number of fused-ring (bicyclic) bond motifs is 1. The van der Waals surface area contributed by atoms with Crippen LogP contribution >= 0.6 is 0 Å². The summed E-state index contributed by atoms with van der Waals surface area (Å²) in [6, 6.07) is 8.13. The van der Waals surface area contributed by atoms with Gasteiger partial charge in [0.05, 0.1) is 16.6 Å². The normalized spacial score (nSPS) is 10.8. The molecule has 0 radical (unpaired) electrons. The summed E-state index contributed by atoms with van der Waals surface area (Å²) >= 11 is 0. The molecule has 0 fully saturated rings. The maximum Gasteiger partial charge on any atom is 0.141 e. The van der Waals surface area contributed by atoms with Crippen molar-refractivity contribution >= 4 is 22.4 Å². The highest BCUT2D eigenvalue weighted by atomic mass is 19.1. The summed E-state index contributed by atoms with van der Waals surface area (Å²) in [5.41, 5.74) is 2.43. The topological polar surface area (TPSA) is 53.6 Å². The van der Waals surface area contributed by atoms with Gasteiger partial charge in [0.1, 0.15) is 11.6 Å². The number of H-pyrrole nitrogens is 1. The molecule has 0 saturated carbocycles.